The molecule has 0 spiro atoms. The van der Waals surface area contributed by atoms with Gasteiger partial charge in [-0.05, 0) is 6.92 Å². The maximum atomic E-state index is 11.2. The Labute approximate surface area is 107 Å². The maximum Gasteiger partial charge on any atom is 0.331 e. The summed E-state index contributed by atoms with van der Waals surface area (Å²) in [5.74, 6) is -1.47. The lowest BCUT2D eigenvalue weighted by Gasteiger charge is -2.00. The molecular formula is C11H12N2O6. The van der Waals surface area contributed by atoms with Gasteiger partial charge in [0.2, 0.25) is 0 Å². The summed E-state index contributed by atoms with van der Waals surface area (Å²) in [6.07, 6.45) is 2.95. The van der Waals surface area contributed by atoms with Crippen molar-refractivity contribution in [1.82, 2.24) is 9.97 Å². The zero-order valence-corrected chi connectivity index (χ0v) is 10.1. The minimum absolute atomic E-state index is 0.0810. The number of rotatable bonds is 5. The van der Waals surface area contributed by atoms with Crippen LogP contribution in [0.15, 0.2) is 27.9 Å². The first kappa shape index (κ1) is 14.4. The van der Waals surface area contributed by atoms with Crippen LogP contribution in [0.2, 0.25) is 0 Å². The molecule has 0 saturated carbocycles. The van der Waals surface area contributed by atoms with Gasteiger partial charge < -0.3 is 14.5 Å². The minimum Gasteiger partial charge on any atom is -0.463 e. The van der Waals surface area contributed by atoms with E-state index in [9.17, 15) is 19.2 Å². The van der Waals surface area contributed by atoms with Gasteiger partial charge in [-0.25, -0.2) is 14.4 Å². The van der Waals surface area contributed by atoms with Gasteiger partial charge in [0.25, 0.3) is 5.56 Å². The smallest absolute Gasteiger partial charge is 0.331 e. The molecule has 0 aliphatic carbocycles. The molecule has 8 heteroatoms. The van der Waals surface area contributed by atoms with Gasteiger partial charge in [-0.15, -0.1) is 0 Å². The molecule has 19 heavy (non-hydrogen) atoms. The molecule has 8 nitrogen and oxygen atoms in total. The number of carbonyl (C=O) groups excluding carboxylic acids is 2. The number of aromatic nitrogens is 2. The van der Waals surface area contributed by atoms with Crippen molar-refractivity contribution in [2.45, 2.75) is 13.5 Å². The van der Waals surface area contributed by atoms with Gasteiger partial charge in [0.05, 0.1) is 12.2 Å². The van der Waals surface area contributed by atoms with Crippen molar-refractivity contribution in [3.63, 3.8) is 0 Å². The van der Waals surface area contributed by atoms with E-state index in [1.54, 1.807) is 6.92 Å². The summed E-state index contributed by atoms with van der Waals surface area (Å²) in [4.78, 5) is 48.3. The number of carbonyl (C=O) groups is 2. The fourth-order valence-corrected chi connectivity index (χ4v) is 1.07. The normalized spacial score (nSPS) is 10.4. The van der Waals surface area contributed by atoms with E-state index < -0.39 is 23.2 Å². The van der Waals surface area contributed by atoms with Crippen LogP contribution in [0.1, 0.15) is 12.5 Å². The Hall–Kier alpha value is -2.64. The molecule has 1 heterocycles. The lowest BCUT2D eigenvalue weighted by atomic mass is 10.3. The standard InChI is InChI=1S/C11H12N2O6/c1-2-18-8(14)3-4-9(15)19-6-7-5-12-11(17)13-10(7)16/h3-5H,2,6H2,1H3,(H2,12,13,16,17)/b4-3+. The first-order chi connectivity index (χ1) is 9.02. The predicted octanol–water partition coefficient (Wildman–Crippen LogP) is -0.774. The second kappa shape index (κ2) is 6.94. The van der Waals surface area contributed by atoms with E-state index in [-0.39, 0.29) is 18.8 Å². The van der Waals surface area contributed by atoms with Gasteiger partial charge in [0, 0.05) is 18.3 Å². The Bertz CT molecular complexity index is 598. The van der Waals surface area contributed by atoms with Crippen LogP contribution in [-0.4, -0.2) is 28.5 Å². The molecule has 0 fully saturated rings. The molecule has 2 N–H and O–H groups in total. The Morgan fingerprint density at radius 1 is 1.21 bits per heavy atom. The third kappa shape index (κ3) is 5.02. The molecule has 1 aromatic rings. The van der Waals surface area contributed by atoms with Gasteiger partial charge in [0.15, 0.2) is 0 Å². The Kier molecular flexibility index (Phi) is 5.27. The molecule has 0 amide bonds. The first-order valence-electron chi connectivity index (χ1n) is 5.35. The van der Waals surface area contributed by atoms with E-state index in [0.29, 0.717) is 0 Å². The van der Waals surface area contributed by atoms with Crippen molar-refractivity contribution in [1.29, 1.82) is 0 Å². The number of hydrogen-bond donors (Lipinski definition) is 2. The number of esters is 2. The fraction of sp³-hybridized carbons (Fsp3) is 0.273. The van der Waals surface area contributed by atoms with Gasteiger partial charge in [-0.3, -0.25) is 9.78 Å². The van der Waals surface area contributed by atoms with Crippen LogP contribution in [-0.2, 0) is 25.7 Å². The Morgan fingerprint density at radius 2 is 1.84 bits per heavy atom. The summed E-state index contributed by atoms with van der Waals surface area (Å²) in [7, 11) is 0. The molecule has 102 valence electrons. The Balaban J connectivity index is 2.53. The van der Waals surface area contributed by atoms with Gasteiger partial charge in [-0.2, -0.15) is 0 Å². The summed E-state index contributed by atoms with van der Waals surface area (Å²) < 4.78 is 9.26. The van der Waals surface area contributed by atoms with Gasteiger partial charge in [0.1, 0.15) is 6.61 Å². The number of hydrogen-bond acceptors (Lipinski definition) is 6. The predicted molar refractivity (Wildman–Crippen MR) is 63.3 cm³/mol. The topological polar surface area (TPSA) is 118 Å². The highest BCUT2D eigenvalue weighted by atomic mass is 16.5. The van der Waals surface area contributed by atoms with Crippen LogP contribution in [0.25, 0.3) is 0 Å². The lowest BCUT2D eigenvalue weighted by molar-refractivity contribution is -0.141. The largest absolute Gasteiger partial charge is 0.463 e. The molecule has 1 aromatic heterocycles. The average molecular weight is 268 g/mol. The van der Waals surface area contributed by atoms with E-state index in [0.717, 1.165) is 18.3 Å². The first-order valence-corrected chi connectivity index (χ1v) is 5.35. The van der Waals surface area contributed by atoms with Crippen LogP contribution in [0.4, 0.5) is 0 Å². The number of aromatic amines is 2. The highest BCUT2D eigenvalue weighted by Crippen LogP contribution is 1.92. The zero-order valence-electron chi connectivity index (χ0n) is 10.1. The van der Waals surface area contributed by atoms with E-state index in [4.69, 9.17) is 4.74 Å². The number of nitrogens with one attached hydrogen (secondary N) is 2. The van der Waals surface area contributed by atoms with Crippen LogP contribution in [0.3, 0.4) is 0 Å². The molecule has 0 radical (unpaired) electrons. The van der Waals surface area contributed by atoms with Crippen molar-refractivity contribution in [2.75, 3.05) is 6.61 Å². The van der Waals surface area contributed by atoms with Crippen LogP contribution >= 0.6 is 0 Å². The van der Waals surface area contributed by atoms with Gasteiger partial charge in [-0.1, -0.05) is 0 Å². The molecular weight excluding hydrogens is 256 g/mol. The number of ether oxygens (including phenoxy) is 2. The van der Waals surface area contributed by atoms with E-state index in [1.165, 1.54) is 0 Å². The lowest BCUT2D eigenvalue weighted by Crippen LogP contribution is -2.25. The highest BCUT2D eigenvalue weighted by molar-refractivity contribution is 5.91. The summed E-state index contributed by atoms with van der Waals surface area (Å²) in [5, 5.41) is 0. The van der Waals surface area contributed by atoms with E-state index in [2.05, 4.69) is 9.72 Å². The molecule has 0 aromatic carbocycles. The zero-order chi connectivity index (χ0) is 14.3. The monoisotopic (exact) mass is 268 g/mol. The van der Waals surface area contributed by atoms with E-state index >= 15 is 0 Å². The number of H-pyrrole nitrogens is 2. The van der Waals surface area contributed by atoms with E-state index in [1.807, 2.05) is 4.98 Å². The minimum atomic E-state index is -0.807. The van der Waals surface area contributed by atoms with Crippen molar-refractivity contribution in [2.24, 2.45) is 0 Å². The summed E-state index contributed by atoms with van der Waals surface area (Å²) in [5.41, 5.74) is -1.22. The van der Waals surface area contributed by atoms with Crippen molar-refractivity contribution in [3.8, 4) is 0 Å². The molecule has 0 atom stereocenters. The average Bonchev–Trinajstić information content (AvgIpc) is 2.35. The van der Waals surface area contributed by atoms with Crippen molar-refractivity contribution < 1.29 is 19.1 Å². The van der Waals surface area contributed by atoms with Gasteiger partial charge >= 0.3 is 17.6 Å². The summed E-state index contributed by atoms with van der Waals surface area (Å²) in [6.45, 7) is 1.51. The SMILES string of the molecule is CCOC(=O)/C=C/C(=O)OCc1c[nH]c(=O)[nH]c1=O. The summed E-state index contributed by atoms with van der Waals surface area (Å²) in [6, 6.07) is 0. The van der Waals surface area contributed by atoms with Crippen LogP contribution < -0.4 is 11.2 Å². The molecule has 0 unspecified atom stereocenters. The highest BCUT2D eigenvalue weighted by Gasteiger charge is 2.04. The summed E-state index contributed by atoms with van der Waals surface area (Å²) >= 11 is 0. The Morgan fingerprint density at radius 3 is 2.42 bits per heavy atom. The molecule has 0 aliphatic rings. The maximum absolute atomic E-state index is 11.2. The second-order valence-electron chi connectivity index (χ2n) is 3.29. The molecule has 0 aliphatic heterocycles. The van der Waals surface area contributed by atoms with Crippen molar-refractivity contribution in [3.05, 3.63) is 44.8 Å². The quantitative estimate of drug-likeness (QED) is 0.534. The third-order valence-electron chi connectivity index (χ3n) is 1.91. The van der Waals surface area contributed by atoms with Crippen molar-refractivity contribution >= 4 is 11.9 Å². The second-order valence-corrected chi connectivity index (χ2v) is 3.29. The molecule has 0 bridgehead atoms. The molecule has 0 saturated heterocycles. The van der Waals surface area contributed by atoms with Crippen LogP contribution in [0.5, 0.6) is 0 Å². The fourth-order valence-electron chi connectivity index (χ4n) is 1.07. The third-order valence-corrected chi connectivity index (χ3v) is 1.91. The molecule has 1 rings (SSSR count). The van der Waals surface area contributed by atoms with Crippen LogP contribution in [0, 0.1) is 0 Å².